The van der Waals surface area contributed by atoms with Crippen LogP contribution in [0, 0.1) is 0 Å². The molecule has 3 rings (SSSR count). The predicted molar refractivity (Wildman–Crippen MR) is 62.3 cm³/mol. The lowest BCUT2D eigenvalue weighted by atomic mass is 10.1. The molecule has 1 fully saturated rings. The number of nitrogens with one attached hydrogen (secondary N) is 1. The first-order valence-corrected chi connectivity index (χ1v) is 5.71. The lowest BCUT2D eigenvalue weighted by Crippen LogP contribution is -2.18. The summed E-state index contributed by atoms with van der Waals surface area (Å²) in [5, 5.41) is 9.91. The Kier molecular flexibility index (Phi) is 2.29. The van der Waals surface area contributed by atoms with Crippen molar-refractivity contribution in [2.45, 2.75) is 19.4 Å². The Hall–Kier alpha value is -1.55. The minimum Gasteiger partial charge on any atom is -0.508 e. The van der Waals surface area contributed by atoms with Crippen molar-refractivity contribution in [3.8, 4) is 5.75 Å². The van der Waals surface area contributed by atoms with Gasteiger partial charge in [0.2, 0.25) is 0 Å². The van der Waals surface area contributed by atoms with Crippen LogP contribution in [0.5, 0.6) is 5.75 Å². The molecule has 0 amide bonds. The molecule has 4 heteroatoms. The summed E-state index contributed by atoms with van der Waals surface area (Å²) in [6, 6.07) is 3.61. The van der Waals surface area contributed by atoms with Crippen LogP contribution in [0.1, 0.15) is 18.4 Å². The summed E-state index contributed by atoms with van der Waals surface area (Å²) in [6.45, 7) is 3.05. The van der Waals surface area contributed by atoms with E-state index in [0.29, 0.717) is 5.75 Å². The van der Waals surface area contributed by atoms with Crippen molar-refractivity contribution in [3.05, 3.63) is 24.0 Å². The average molecular weight is 217 g/mol. The van der Waals surface area contributed by atoms with Gasteiger partial charge in [-0.2, -0.15) is 0 Å². The molecule has 0 bridgehead atoms. The van der Waals surface area contributed by atoms with E-state index in [2.05, 4.69) is 14.9 Å². The molecule has 1 saturated heterocycles. The molecule has 0 atom stereocenters. The number of aromatic hydroxyl groups is 1. The zero-order chi connectivity index (χ0) is 11.0. The molecule has 2 heterocycles. The molecular weight excluding hydrogens is 202 g/mol. The molecule has 0 unspecified atom stereocenters. The van der Waals surface area contributed by atoms with Crippen molar-refractivity contribution < 1.29 is 5.11 Å². The van der Waals surface area contributed by atoms with Gasteiger partial charge in [0.1, 0.15) is 5.75 Å². The topological polar surface area (TPSA) is 52.1 Å². The van der Waals surface area contributed by atoms with Gasteiger partial charge < -0.3 is 10.1 Å². The molecule has 2 N–H and O–H groups in total. The van der Waals surface area contributed by atoms with Crippen LogP contribution < -0.4 is 0 Å². The largest absolute Gasteiger partial charge is 0.508 e. The number of aromatic amines is 1. The van der Waals surface area contributed by atoms with Crippen LogP contribution in [0.4, 0.5) is 0 Å². The number of benzene rings is 1. The fourth-order valence-corrected chi connectivity index (χ4v) is 2.38. The zero-order valence-corrected chi connectivity index (χ0v) is 9.11. The molecule has 1 aromatic heterocycles. The number of imidazole rings is 1. The first-order valence-electron chi connectivity index (χ1n) is 5.71. The van der Waals surface area contributed by atoms with Crippen LogP contribution in [-0.4, -0.2) is 33.1 Å². The van der Waals surface area contributed by atoms with Crippen LogP contribution in [-0.2, 0) is 6.54 Å². The SMILES string of the molecule is Oc1ccc2[nH]cnc2c1CN1CCCC1. The van der Waals surface area contributed by atoms with Gasteiger partial charge in [0.15, 0.2) is 0 Å². The number of phenols is 1. The minimum absolute atomic E-state index is 0.353. The quantitative estimate of drug-likeness (QED) is 0.807. The molecule has 2 aromatic rings. The summed E-state index contributed by atoms with van der Waals surface area (Å²) < 4.78 is 0. The molecule has 0 radical (unpaired) electrons. The monoisotopic (exact) mass is 217 g/mol. The number of nitrogens with zero attached hydrogens (tertiary/aromatic N) is 2. The Labute approximate surface area is 93.9 Å². The number of H-pyrrole nitrogens is 1. The highest BCUT2D eigenvalue weighted by Crippen LogP contribution is 2.27. The summed E-state index contributed by atoms with van der Waals surface area (Å²) in [6.07, 6.45) is 4.20. The van der Waals surface area contributed by atoms with Crippen molar-refractivity contribution >= 4 is 11.0 Å². The molecule has 16 heavy (non-hydrogen) atoms. The summed E-state index contributed by atoms with van der Waals surface area (Å²) in [5.74, 6) is 0.353. The first-order chi connectivity index (χ1) is 7.84. The van der Waals surface area contributed by atoms with Crippen molar-refractivity contribution in [2.75, 3.05) is 13.1 Å². The van der Waals surface area contributed by atoms with Gasteiger partial charge in [0.05, 0.1) is 17.4 Å². The van der Waals surface area contributed by atoms with E-state index in [1.165, 1.54) is 12.8 Å². The summed E-state index contributed by atoms with van der Waals surface area (Å²) >= 11 is 0. The summed E-state index contributed by atoms with van der Waals surface area (Å²) in [4.78, 5) is 9.71. The smallest absolute Gasteiger partial charge is 0.122 e. The second-order valence-electron chi connectivity index (χ2n) is 4.35. The van der Waals surface area contributed by atoms with Crippen LogP contribution in [0.25, 0.3) is 11.0 Å². The second kappa shape index (κ2) is 3.79. The fraction of sp³-hybridized carbons (Fsp3) is 0.417. The number of hydrogen-bond donors (Lipinski definition) is 2. The van der Waals surface area contributed by atoms with E-state index in [-0.39, 0.29) is 0 Å². The Balaban J connectivity index is 1.99. The lowest BCUT2D eigenvalue weighted by molar-refractivity contribution is 0.325. The van der Waals surface area contributed by atoms with E-state index < -0.39 is 0 Å². The Bertz CT molecular complexity index is 500. The Morgan fingerprint density at radius 3 is 2.94 bits per heavy atom. The van der Waals surface area contributed by atoms with E-state index >= 15 is 0 Å². The highest BCUT2D eigenvalue weighted by Gasteiger charge is 2.16. The van der Waals surface area contributed by atoms with E-state index in [1.54, 1.807) is 12.4 Å². The van der Waals surface area contributed by atoms with Gasteiger partial charge in [-0.25, -0.2) is 4.98 Å². The van der Waals surface area contributed by atoms with Crippen molar-refractivity contribution in [1.82, 2.24) is 14.9 Å². The van der Waals surface area contributed by atoms with Crippen molar-refractivity contribution in [3.63, 3.8) is 0 Å². The highest BCUT2D eigenvalue weighted by atomic mass is 16.3. The van der Waals surface area contributed by atoms with Crippen molar-refractivity contribution in [2.24, 2.45) is 0 Å². The van der Waals surface area contributed by atoms with Crippen molar-refractivity contribution in [1.29, 1.82) is 0 Å². The minimum atomic E-state index is 0.353. The van der Waals surface area contributed by atoms with E-state index in [0.717, 1.165) is 36.2 Å². The number of rotatable bonds is 2. The third-order valence-electron chi connectivity index (χ3n) is 3.25. The summed E-state index contributed by atoms with van der Waals surface area (Å²) in [7, 11) is 0. The molecule has 0 saturated carbocycles. The van der Waals surface area contributed by atoms with Crippen LogP contribution in [0.2, 0.25) is 0 Å². The number of likely N-dealkylation sites (tertiary alicyclic amines) is 1. The van der Waals surface area contributed by atoms with Crippen LogP contribution in [0.3, 0.4) is 0 Å². The van der Waals surface area contributed by atoms with Gasteiger partial charge in [0.25, 0.3) is 0 Å². The number of hydrogen-bond acceptors (Lipinski definition) is 3. The van der Waals surface area contributed by atoms with Crippen LogP contribution in [0.15, 0.2) is 18.5 Å². The molecule has 1 aromatic carbocycles. The molecule has 1 aliphatic rings. The number of fused-ring (bicyclic) bond motifs is 1. The predicted octanol–water partition coefficient (Wildman–Crippen LogP) is 1.86. The maximum absolute atomic E-state index is 9.91. The normalized spacial score (nSPS) is 17.2. The third-order valence-corrected chi connectivity index (χ3v) is 3.25. The van der Waals surface area contributed by atoms with E-state index in [4.69, 9.17) is 0 Å². The Morgan fingerprint density at radius 1 is 1.31 bits per heavy atom. The fourth-order valence-electron chi connectivity index (χ4n) is 2.38. The van der Waals surface area contributed by atoms with Gasteiger partial charge in [-0.3, -0.25) is 4.90 Å². The van der Waals surface area contributed by atoms with Crippen LogP contribution >= 0.6 is 0 Å². The first kappa shape index (κ1) is 9.66. The van der Waals surface area contributed by atoms with Gasteiger partial charge in [0, 0.05) is 12.1 Å². The van der Waals surface area contributed by atoms with Gasteiger partial charge in [-0.1, -0.05) is 0 Å². The standard InChI is InChI=1S/C12H15N3O/c16-11-4-3-10-12(14-8-13-10)9(11)7-15-5-1-2-6-15/h3-4,8,16H,1-2,5-7H2,(H,13,14). The maximum Gasteiger partial charge on any atom is 0.122 e. The average Bonchev–Trinajstić information content (AvgIpc) is 2.92. The maximum atomic E-state index is 9.91. The Morgan fingerprint density at radius 2 is 2.12 bits per heavy atom. The molecule has 4 nitrogen and oxygen atoms in total. The second-order valence-corrected chi connectivity index (χ2v) is 4.35. The van der Waals surface area contributed by atoms with Gasteiger partial charge in [-0.05, 0) is 38.1 Å². The molecule has 1 aliphatic heterocycles. The zero-order valence-electron chi connectivity index (χ0n) is 9.11. The molecule has 0 spiro atoms. The number of aromatic nitrogens is 2. The third kappa shape index (κ3) is 1.55. The lowest BCUT2D eigenvalue weighted by Gasteiger charge is -2.15. The molecular formula is C12H15N3O. The molecule has 0 aliphatic carbocycles. The van der Waals surface area contributed by atoms with Gasteiger partial charge >= 0.3 is 0 Å². The van der Waals surface area contributed by atoms with E-state index in [1.807, 2.05) is 6.07 Å². The highest BCUT2D eigenvalue weighted by molar-refractivity contribution is 5.80. The molecule has 84 valence electrons. The number of phenolic OH excluding ortho intramolecular Hbond substituents is 1. The van der Waals surface area contributed by atoms with E-state index in [9.17, 15) is 5.11 Å². The summed E-state index contributed by atoms with van der Waals surface area (Å²) in [5.41, 5.74) is 2.83. The van der Waals surface area contributed by atoms with Gasteiger partial charge in [-0.15, -0.1) is 0 Å².